The fourth-order valence-corrected chi connectivity index (χ4v) is 5.00. The van der Waals surface area contributed by atoms with Gasteiger partial charge in [0.1, 0.15) is 0 Å². The van der Waals surface area contributed by atoms with Gasteiger partial charge < -0.3 is 0 Å². The van der Waals surface area contributed by atoms with Crippen LogP contribution in [0.15, 0.2) is 78.9 Å². The predicted molar refractivity (Wildman–Crippen MR) is 113 cm³/mol. The van der Waals surface area contributed by atoms with Crippen molar-refractivity contribution in [2.75, 3.05) is 0 Å². The summed E-state index contributed by atoms with van der Waals surface area (Å²) in [5, 5.41) is 0. The summed E-state index contributed by atoms with van der Waals surface area (Å²) < 4.78 is 1.52. The van der Waals surface area contributed by atoms with Crippen LogP contribution >= 0.6 is 0 Å². The summed E-state index contributed by atoms with van der Waals surface area (Å²) in [5.74, 6) is 0. The van der Waals surface area contributed by atoms with Crippen LogP contribution in [0, 0.1) is 0 Å². The fourth-order valence-electron chi connectivity index (χ4n) is 4.08. The van der Waals surface area contributed by atoms with Gasteiger partial charge in [0.25, 0.3) is 0 Å². The molecule has 0 bridgehead atoms. The standard InChI is InChI=1S/C24H26AsN/c25-24-13-7-12-21-16-22(14-15-23(21)24)26(17-19-8-3-1-4-9-19)18-20-10-5-2-6-11-20/h1-13,22H,14-18,25H2/t22-/m1/s1. The molecule has 0 saturated carbocycles. The second-order valence-corrected chi connectivity index (χ2v) is 8.56. The van der Waals surface area contributed by atoms with Gasteiger partial charge in [-0.2, -0.15) is 0 Å². The zero-order valence-electron chi connectivity index (χ0n) is 15.1. The Kier molecular flexibility index (Phi) is 5.58. The zero-order valence-corrected chi connectivity index (χ0v) is 17.6. The van der Waals surface area contributed by atoms with Crippen molar-refractivity contribution < 1.29 is 0 Å². The first kappa shape index (κ1) is 17.6. The maximum absolute atomic E-state index is 2.68. The van der Waals surface area contributed by atoms with Gasteiger partial charge in [-0.05, 0) is 0 Å². The number of fused-ring (bicyclic) bond motifs is 1. The van der Waals surface area contributed by atoms with Crippen LogP contribution in [0.3, 0.4) is 0 Å². The Balaban J connectivity index is 1.58. The van der Waals surface area contributed by atoms with E-state index in [1.165, 1.54) is 34.7 Å². The van der Waals surface area contributed by atoms with Gasteiger partial charge >= 0.3 is 166 Å². The van der Waals surface area contributed by atoms with Crippen LogP contribution in [0.4, 0.5) is 0 Å². The second kappa shape index (κ2) is 8.25. The van der Waals surface area contributed by atoms with Gasteiger partial charge in [-0.3, -0.25) is 0 Å². The molecular weight excluding hydrogens is 377 g/mol. The maximum atomic E-state index is 2.68. The van der Waals surface area contributed by atoms with Crippen molar-refractivity contribution in [2.45, 2.75) is 38.4 Å². The van der Waals surface area contributed by atoms with Gasteiger partial charge in [-0.1, -0.05) is 0 Å². The molecule has 0 spiro atoms. The molecule has 1 aliphatic carbocycles. The Labute approximate surface area is 165 Å². The molecule has 26 heavy (non-hydrogen) atoms. The molecule has 3 aromatic carbocycles. The van der Waals surface area contributed by atoms with Gasteiger partial charge in [-0.25, -0.2) is 0 Å². The van der Waals surface area contributed by atoms with E-state index in [9.17, 15) is 0 Å². The summed E-state index contributed by atoms with van der Waals surface area (Å²) in [6.45, 7) is 2.04. The molecule has 0 aliphatic heterocycles. The van der Waals surface area contributed by atoms with Crippen molar-refractivity contribution in [1.82, 2.24) is 4.90 Å². The predicted octanol–water partition coefficient (Wildman–Crippen LogP) is 3.50. The van der Waals surface area contributed by atoms with E-state index in [0.29, 0.717) is 6.04 Å². The second-order valence-electron chi connectivity index (χ2n) is 7.26. The summed E-state index contributed by atoms with van der Waals surface area (Å²) in [7, 11) is 0. The molecule has 0 aromatic heterocycles. The van der Waals surface area contributed by atoms with Gasteiger partial charge in [0.05, 0.1) is 0 Å². The minimum atomic E-state index is 0.609. The minimum absolute atomic E-state index is 0.609. The molecule has 0 saturated heterocycles. The van der Waals surface area contributed by atoms with Crippen molar-refractivity contribution in [3.8, 4) is 0 Å². The molecule has 0 fully saturated rings. The Morgan fingerprint density at radius 1 is 0.769 bits per heavy atom. The molecule has 132 valence electrons. The summed E-state index contributed by atoms with van der Waals surface area (Å²) >= 11 is 1.76. The first-order chi connectivity index (χ1) is 12.8. The van der Waals surface area contributed by atoms with Crippen molar-refractivity contribution in [1.29, 1.82) is 0 Å². The summed E-state index contributed by atoms with van der Waals surface area (Å²) in [6.07, 6.45) is 3.65. The third kappa shape index (κ3) is 4.11. The normalized spacial score (nSPS) is 16.5. The molecule has 3 aromatic rings. The van der Waals surface area contributed by atoms with Crippen LogP contribution in [0.2, 0.25) is 0 Å². The van der Waals surface area contributed by atoms with E-state index in [-0.39, 0.29) is 0 Å². The average molecular weight is 403 g/mol. The molecule has 2 atom stereocenters. The molecule has 0 heterocycles. The SMILES string of the molecule is [AsH2]c1cccc2c1CC[C@@H](N(Cc1ccccc1)Cc1ccccc1)C2. The van der Waals surface area contributed by atoms with Gasteiger partial charge in [0.15, 0.2) is 0 Å². The van der Waals surface area contributed by atoms with Crippen molar-refractivity contribution in [3.63, 3.8) is 0 Å². The first-order valence-electron chi connectivity index (χ1n) is 9.48. The number of hydrogen-bond donors (Lipinski definition) is 0. The van der Waals surface area contributed by atoms with E-state index in [4.69, 9.17) is 0 Å². The number of benzene rings is 3. The van der Waals surface area contributed by atoms with Crippen LogP contribution in [0.25, 0.3) is 0 Å². The van der Waals surface area contributed by atoms with Crippen LogP contribution in [0.5, 0.6) is 0 Å². The van der Waals surface area contributed by atoms with E-state index < -0.39 is 0 Å². The van der Waals surface area contributed by atoms with Crippen LogP contribution in [0.1, 0.15) is 28.7 Å². The van der Waals surface area contributed by atoms with Crippen LogP contribution < -0.4 is 4.35 Å². The van der Waals surface area contributed by atoms with Gasteiger partial charge in [0, 0.05) is 0 Å². The number of nitrogens with zero attached hydrogens (tertiary/aromatic N) is 1. The quantitative estimate of drug-likeness (QED) is 0.590. The zero-order chi connectivity index (χ0) is 17.8. The third-order valence-electron chi connectivity index (χ3n) is 5.47. The summed E-state index contributed by atoms with van der Waals surface area (Å²) in [5.41, 5.74) is 5.99. The van der Waals surface area contributed by atoms with E-state index in [1.807, 2.05) is 0 Å². The number of rotatable bonds is 5. The Hall–Kier alpha value is -1.82. The first-order valence-corrected chi connectivity index (χ1v) is 10.7. The Morgan fingerprint density at radius 3 is 2.00 bits per heavy atom. The van der Waals surface area contributed by atoms with Crippen molar-refractivity contribution in [3.05, 3.63) is 101 Å². The van der Waals surface area contributed by atoms with Crippen molar-refractivity contribution >= 4 is 21.2 Å². The molecule has 0 amide bonds. The third-order valence-corrected chi connectivity index (χ3v) is 6.60. The van der Waals surface area contributed by atoms with E-state index >= 15 is 0 Å². The van der Waals surface area contributed by atoms with E-state index in [0.717, 1.165) is 13.1 Å². The molecular formula is C24H26AsN. The van der Waals surface area contributed by atoms with E-state index in [2.05, 4.69) is 83.8 Å². The topological polar surface area (TPSA) is 3.24 Å². The molecule has 0 radical (unpaired) electrons. The molecule has 1 aliphatic rings. The molecule has 0 N–H and O–H groups in total. The molecule has 2 heteroatoms. The van der Waals surface area contributed by atoms with Gasteiger partial charge in [-0.15, -0.1) is 0 Å². The van der Waals surface area contributed by atoms with Crippen molar-refractivity contribution in [2.24, 2.45) is 0 Å². The molecule has 4 rings (SSSR count). The Bertz CT molecular complexity index is 803. The monoisotopic (exact) mass is 403 g/mol. The number of hydrogen-bond acceptors (Lipinski definition) is 1. The van der Waals surface area contributed by atoms with Crippen LogP contribution in [-0.4, -0.2) is 27.8 Å². The van der Waals surface area contributed by atoms with Gasteiger partial charge in [0.2, 0.25) is 0 Å². The summed E-state index contributed by atoms with van der Waals surface area (Å²) in [6, 6.07) is 29.3. The Morgan fingerprint density at radius 2 is 1.38 bits per heavy atom. The van der Waals surface area contributed by atoms with Crippen LogP contribution in [-0.2, 0) is 25.9 Å². The molecule has 1 unspecified atom stereocenters. The van der Waals surface area contributed by atoms with E-state index in [1.54, 1.807) is 28.0 Å². The molecule has 1 nitrogen and oxygen atoms in total. The summed E-state index contributed by atoms with van der Waals surface area (Å²) in [4.78, 5) is 2.68. The average Bonchev–Trinajstić information content (AvgIpc) is 2.69. The fraction of sp³-hybridized carbons (Fsp3) is 0.250.